The third-order valence-electron chi connectivity index (χ3n) is 3.44. The minimum Gasteiger partial charge on any atom is -0.271 e. The van der Waals surface area contributed by atoms with Gasteiger partial charge in [-0.25, -0.2) is 5.43 Å². The molecule has 1 aromatic heterocycles. The Morgan fingerprint density at radius 2 is 2.00 bits per heavy atom. The van der Waals surface area contributed by atoms with Gasteiger partial charge in [0.2, 0.25) is 0 Å². The third kappa shape index (κ3) is 2.22. The summed E-state index contributed by atoms with van der Waals surface area (Å²) in [6.45, 7) is 3.89. The number of aryl methyl sites for hydroxylation is 2. The number of benzene rings is 1. The lowest BCUT2D eigenvalue weighted by Crippen LogP contribution is -2.37. The molecule has 2 heterocycles. The number of hydrogen-bond acceptors (Lipinski definition) is 3. The molecule has 0 saturated heterocycles. The summed E-state index contributed by atoms with van der Waals surface area (Å²) < 4.78 is 1.78. The van der Waals surface area contributed by atoms with Crippen molar-refractivity contribution in [2.24, 2.45) is 5.10 Å². The Morgan fingerprint density at radius 3 is 2.65 bits per heavy atom. The maximum absolute atomic E-state index is 12.1. The maximum Gasteiger partial charge on any atom is 0.265 e. The Hall–Kier alpha value is -2.43. The highest BCUT2D eigenvalue weighted by Crippen LogP contribution is 2.21. The van der Waals surface area contributed by atoms with Crippen LogP contribution in [0.15, 0.2) is 41.5 Å². The van der Waals surface area contributed by atoms with E-state index in [2.05, 4.69) is 15.6 Å². The summed E-state index contributed by atoms with van der Waals surface area (Å²) in [6.07, 6.45) is 0.553. The van der Waals surface area contributed by atoms with Crippen molar-refractivity contribution in [2.45, 2.75) is 26.3 Å². The summed E-state index contributed by atoms with van der Waals surface area (Å²) in [4.78, 5) is 12.1. The molecule has 1 aliphatic rings. The standard InChI is InChI=1S/C15H16N4O/c1-10-8-11(2)19(18-10)14-9-13(16-17-15(14)20)12-6-4-3-5-7-12/h3-8,14H,9H2,1-2H3,(H,17,20)/t14-/m0/s1. The van der Waals surface area contributed by atoms with Crippen LogP contribution in [0.2, 0.25) is 0 Å². The van der Waals surface area contributed by atoms with E-state index < -0.39 is 0 Å². The van der Waals surface area contributed by atoms with Crippen LogP contribution in [0, 0.1) is 13.8 Å². The highest BCUT2D eigenvalue weighted by atomic mass is 16.2. The molecule has 1 amide bonds. The van der Waals surface area contributed by atoms with Crippen molar-refractivity contribution in [1.29, 1.82) is 0 Å². The largest absolute Gasteiger partial charge is 0.271 e. The average Bonchev–Trinajstić information content (AvgIpc) is 2.79. The molecule has 0 spiro atoms. The molecule has 20 heavy (non-hydrogen) atoms. The molecule has 5 nitrogen and oxygen atoms in total. The lowest BCUT2D eigenvalue weighted by Gasteiger charge is -2.22. The first kappa shape index (κ1) is 12.6. The summed E-state index contributed by atoms with van der Waals surface area (Å²) >= 11 is 0. The van der Waals surface area contributed by atoms with Crippen LogP contribution in [-0.4, -0.2) is 21.4 Å². The zero-order chi connectivity index (χ0) is 14.1. The fourth-order valence-corrected chi connectivity index (χ4v) is 2.49. The summed E-state index contributed by atoms with van der Waals surface area (Å²) in [7, 11) is 0. The van der Waals surface area contributed by atoms with Crippen molar-refractivity contribution in [2.75, 3.05) is 0 Å². The number of carbonyl (C=O) groups excluding carboxylic acids is 1. The zero-order valence-corrected chi connectivity index (χ0v) is 11.5. The van der Waals surface area contributed by atoms with Crippen LogP contribution >= 0.6 is 0 Å². The Kier molecular flexibility index (Phi) is 3.10. The van der Waals surface area contributed by atoms with Crippen molar-refractivity contribution in [3.8, 4) is 0 Å². The van der Waals surface area contributed by atoms with Gasteiger partial charge >= 0.3 is 0 Å². The summed E-state index contributed by atoms with van der Waals surface area (Å²) in [5.74, 6) is -0.115. The van der Waals surface area contributed by atoms with E-state index in [1.807, 2.05) is 50.2 Å². The Labute approximate surface area is 117 Å². The first-order valence-corrected chi connectivity index (χ1v) is 6.60. The topological polar surface area (TPSA) is 59.3 Å². The molecule has 0 saturated carbocycles. The van der Waals surface area contributed by atoms with E-state index in [1.165, 1.54) is 0 Å². The van der Waals surface area contributed by atoms with E-state index in [0.717, 1.165) is 22.7 Å². The van der Waals surface area contributed by atoms with Crippen LogP contribution in [0.5, 0.6) is 0 Å². The number of amides is 1. The minimum atomic E-state index is -0.337. The number of aromatic nitrogens is 2. The molecule has 0 fully saturated rings. The molecule has 0 radical (unpaired) electrons. The lowest BCUT2D eigenvalue weighted by atomic mass is 10.0. The minimum absolute atomic E-state index is 0.115. The monoisotopic (exact) mass is 268 g/mol. The van der Waals surface area contributed by atoms with Crippen molar-refractivity contribution >= 4 is 11.6 Å². The van der Waals surface area contributed by atoms with Crippen LogP contribution in [0.1, 0.15) is 29.4 Å². The van der Waals surface area contributed by atoms with E-state index >= 15 is 0 Å². The molecule has 3 rings (SSSR count). The molecular weight excluding hydrogens is 252 g/mol. The summed E-state index contributed by atoms with van der Waals surface area (Å²) in [5.41, 5.74) is 6.41. The quantitative estimate of drug-likeness (QED) is 0.905. The third-order valence-corrected chi connectivity index (χ3v) is 3.44. The number of hydrogen-bond donors (Lipinski definition) is 1. The van der Waals surface area contributed by atoms with Gasteiger partial charge in [0.05, 0.1) is 11.4 Å². The number of rotatable bonds is 2. The van der Waals surface area contributed by atoms with E-state index in [0.29, 0.717) is 6.42 Å². The maximum atomic E-state index is 12.1. The molecule has 5 heteroatoms. The smallest absolute Gasteiger partial charge is 0.265 e. The Balaban J connectivity index is 1.93. The van der Waals surface area contributed by atoms with E-state index in [-0.39, 0.29) is 11.9 Å². The van der Waals surface area contributed by atoms with E-state index in [1.54, 1.807) is 4.68 Å². The Morgan fingerprint density at radius 1 is 1.25 bits per heavy atom. The van der Waals surface area contributed by atoms with Gasteiger partial charge in [0.1, 0.15) is 6.04 Å². The van der Waals surface area contributed by atoms with E-state index in [9.17, 15) is 4.79 Å². The van der Waals surface area contributed by atoms with Crippen molar-refractivity contribution in [3.63, 3.8) is 0 Å². The highest BCUT2D eigenvalue weighted by molar-refractivity contribution is 6.05. The van der Waals surface area contributed by atoms with Crippen molar-refractivity contribution in [1.82, 2.24) is 15.2 Å². The average molecular weight is 268 g/mol. The van der Waals surface area contributed by atoms with Crippen molar-refractivity contribution in [3.05, 3.63) is 53.3 Å². The first-order valence-electron chi connectivity index (χ1n) is 6.60. The number of nitrogens with zero attached hydrogens (tertiary/aromatic N) is 3. The van der Waals surface area contributed by atoms with Gasteiger partial charge in [-0.05, 0) is 25.5 Å². The molecule has 1 N–H and O–H groups in total. The van der Waals surface area contributed by atoms with Crippen LogP contribution in [0.25, 0.3) is 0 Å². The van der Waals surface area contributed by atoms with Gasteiger partial charge in [-0.3, -0.25) is 9.48 Å². The predicted molar refractivity (Wildman–Crippen MR) is 76.5 cm³/mol. The van der Waals surface area contributed by atoms with Gasteiger partial charge < -0.3 is 0 Å². The van der Waals surface area contributed by atoms with Gasteiger partial charge in [-0.15, -0.1) is 0 Å². The molecule has 1 aliphatic heterocycles. The summed E-state index contributed by atoms with van der Waals surface area (Å²) in [5, 5.41) is 8.58. The second-order valence-corrected chi connectivity index (χ2v) is 4.99. The molecule has 2 aromatic rings. The SMILES string of the molecule is Cc1cc(C)n([C@H]2CC(c3ccccc3)=NNC2=O)n1. The van der Waals surface area contributed by atoms with Gasteiger partial charge in [0.15, 0.2) is 0 Å². The van der Waals surface area contributed by atoms with Gasteiger partial charge in [0, 0.05) is 12.1 Å². The molecule has 0 bridgehead atoms. The lowest BCUT2D eigenvalue weighted by molar-refractivity contribution is -0.124. The molecule has 1 atom stereocenters. The molecule has 0 unspecified atom stereocenters. The second kappa shape index (κ2) is 4.92. The van der Waals surface area contributed by atoms with Crippen LogP contribution < -0.4 is 5.43 Å². The summed E-state index contributed by atoms with van der Waals surface area (Å²) in [6, 6.07) is 11.5. The zero-order valence-electron chi connectivity index (χ0n) is 11.5. The predicted octanol–water partition coefficient (Wildman–Crippen LogP) is 1.97. The fourth-order valence-electron chi connectivity index (χ4n) is 2.49. The Bertz CT molecular complexity index is 672. The van der Waals surface area contributed by atoms with Crippen LogP contribution in [0.3, 0.4) is 0 Å². The van der Waals surface area contributed by atoms with Crippen LogP contribution in [-0.2, 0) is 4.79 Å². The molecule has 1 aromatic carbocycles. The normalized spacial score (nSPS) is 18.6. The van der Waals surface area contributed by atoms with Gasteiger partial charge in [-0.2, -0.15) is 10.2 Å². The second-order valence-electron chi connectivity index (χ2n) is 4.99. The molecule has 0 aliphatic carbocycles. The van der Waals surface area contributed by atoms with E-state index in [4.69, 9.17) is 0 Å². The highest BCUT2D eigenvalue weighted by Gasteiger charge is 2.28. The number of hydrazone groups is 1. The number of nitrogens with one attached hydrogen (secondary N) is 1. The molecule has 102 valence electrons. The number of carbonyl (C=O) groups is 1. The van der Waals surface area contributed by atoms with Crippen LogP contribution in [0.4, 0.5) is 0 Å². The van der Waals surface area contributed by atoms with Gasteiger partial charge in [-0.1, -0.05) is 30.3 Å². The fraction of sp³-hybridized carbons (Fsp3) is 0.267. The van der Waals surface area contributed by atoms with Gasteiger partial charge in [0.25, 0.3) is 5.91 Å². The first-order chi connectivity index (χ1) is 9.65. The van der Waals surface area contributed by atoms with Crippen molar-refractivity contribution < 1.29 is 4.79 Å². The molecular formula is C15H16N4O.